The fourth-order valence-electron chi connectivity index (χ4n) is 4.38. The van der Waals surface area contributed by atoms with Gasteiger partial charge in [-0.1, -0.05) is 12.1 Å². The van der Waals surface area contributed by atoms with Crippen LogP contribution in [0.25, 0.3) is 5.69 Å². The third-order valence-electron chi connectivity index (χ3n) is 5.62. The van der Waals surface area contributed by atoms with Crippen molar-refractivity contribution in [3.05, 3.63) is 47.3 Å². The molecule has 0 aliphatic carbocycles. The summed E-state index contributed by atoms with van der Waals surface area (Å²) < 4.78 is 2.05. The molecule has 24 heavy (non-hydrogen) atoms. The van der Waals surface area contributed by atoms with Crippen LogP contribution in [0.2, 0.25) is 0 Å². The molecule has 0 N–H and O–H groups in total. The summed E-state index contributed by atoms with van der Waals surface area (Å²) in [5, 5.41) is 4.62. The van der Waals surface area contributed by atoms with Gasteiger partial charge in [0.2, 0.25) is 0 Å². The molecule has 0 unspecified atom stereocenters. The van der Waals surface area contributed by atoms with Gasteiger partial charge in [0.1, 0.15) is 0 Å². The fraction of sp³-hybridized carbons (Fsp3) is 0.550. The highest BCUT2D eigenvalue weighted by atomic mass is 15.3. The van der Waals surface area contributed by atoms with E-state index in [9.17, 15) is 0 Å². The number of fused-ring (bicyclic) bond motifs is 1. The molecule has 2 aliphatic heterocycles. The third kappa shape index (κ3) is 3.01. The standard InChI is InChI=1S/C20H28N4/c1-15-10-16(2)24(21-15)19-7-4-6-18(11-19)13-23-14-20-8-5-9-22(20)12-17(23)3/h4,6-7,10-11,17,20H,5,8-9,12-14H2,1-3H3/t17-,20+/m1/s1. The number of rotatable bonds is 3. The molecule has 0 spiro atoms. The molecule has 4 rings (SSSR count). The van der Waals surface area contributed by atoms with Gasteiger partial charge in [0.05, 0.1) is 11.4 Å². The highest BCUT2D eigenvalue weighted by Crippen LogP contribution is 2.26. The minimum Gasteiger partial charge on any atom is -0.298 e. The van der Waals surface area contributed by atoms with Crippen LogP contribution >= 0.6 is 0 Å². The van der Waals surface area contributed by atoms with E-state index < -0.39 is 0 Å². The Bertz CT molecular complexity index is 720. The van der Waals surface area contributed by atoms with Crippen LogP contribution < -0.4 is 0 Å². The second-order valence-electron chi connectivity index (χ2n) is 7.58. The first-order valence-electron chi connectivity index (χ1n) is 9.21. The van der Waals surface area contributed by atoms with Gasteiger partial charge in [0.25, 0.3) is 0 Å². The van der Waals surface area contributed by atoms with Crippen molar-refractivity contribution in [2.75, 3.05) is 19.6 Å². The van der Waals surface area contributed by atoms with Gasteiger partial charge in [-0.3, -0.25) is 9.80 Å². The topological polar surface area (TPSA) is 24.3 Å². The van der Waals surface area contributed by atoms with Crippen LogP contribution in [0.4, 0.5) is 0 Å². The lowest BCUT2D eigenvalue weighted by Crippen LogP contribution is -2.54. The van der Waals surface area contributed by atoms with Gasteiger partial charge in [-0.25, -0.2) is 4.68 Å². The van der Waals surface area contributed by atoms with Crippen LogP contribution in [0.3, 0.4) is 0 Å². The molecule has 2 saturated heterocycles. The summed E-state index contributed by atoms with van der Waals surface area (Å²) in [6.45, 7) is 11.3. The van der Waals surface area contributed by atoms with Gasteiger partial charge in [0, 0.05) is 37.4 Å². The van der Waals surface area contributed by atoms with Crippen LogP contribution in [0.5, 0.6) is 0 Å². The first-order chi connectivity index (χ1) is 11.6. The SMILES string of the molecule is Cc1cc(C)n(-c2cccc(CN3C[C@@H]4CCCN4C[C@H]3C)c2)n1. The summed E-state index contributed by atoms with van der Waals surface area (Å²) in [4.78, 5) is 5.35. The van der Waals surface area contributed by atoms with Crippen LogP contribution in [0.15, 0.2) is 30.3 Å². The Hall–Kier alpha value is -1.65. The van der Waals surface area contributed by atoms with Gasteiger partial charge in [-0.2, -0.15) is 5.10 Å². The lowest BCUT2D eigenvalue weighted by atomic mass is 10.1. The van der Waals surface area contributed by atoms with Gasteiger partial charge in [-0.05, 0) is 63.9 Å². The first-order valence-corrected chi connectivity index (χ1v) is 9.21. The minimum absolute atomic E-state index is 0.636. The predicted molar refractivity (Wildman–Crippen MR) is 97.5 cm³/mol. The first kappa shape index (κ1) is 15.9. The average molecular weight is 324 g/mol. The fourth-order valence-corrected chi connectivity index (χ4v) is 4.38. The number of piperazine rings is 1. The number of aryl methyl sites for hydroxylation is 2. The van der Waals surface area contributed by atoms with Gasteiger partial charge >= 0.3 is 0 Å². The lowest BCUT2D eigenvalue weighted by molar-refractivity contribution is 0.0540. The number of hydrogen-bond donors (Lipinski definition) is 0. The van der Waals surface area contributed by atoms with Crippen LogP contribution in [0.1, 0.15) is 36.7 Å². The maximum absolute atomic E-state index is 4.62. The Balaban J connectivity index is 1.52. The van der Waals surface area contributed by atoms with E-state index >= 15 is 0 Å². The zero-order chi connectivity index (χ0) is 16.7. The predicted octanol–water partition coefficient (Wildman–Crippen LogP) is 3.16. The van der Waals surface area contributed by atoms with E-state index in [-0.39, 0.29) is 0 Å². The molecule has 4 heteroatoms. The van der Waals surface area contributed by atoms with E-state index in [2.05, 4.69) is 70.7 Å². The average Bonchev–Trinajstić information content (AvgIpc) is 3.13. The number of hydrogen-bond acceptors (Lipinski definition) is 3. The van der Waals surface area contributed by atoms with Crippen molar-refractivity contribution in [1.82, 2.24) is 19.6 Å². The van der Waals surface area contributed by atoms with Gasteiger partial charge in [0.15, 0.2) is 0 Å². The molecular weight excluding hydrogens is 296 g/mol. The normalized spacial score (nSPS) is 25.1. The molecular formula is C20H28N4. The van der Waals surface area contributed by atoms with Crippen molar-refractivity contribution in [1.29, 1.82) is 0 Å². The van der Waals surface area contributed by atoms with E-state index in [0.717, 1.165) is 18.3 Å². The summed E-state index contributed by atoms with van der Waals surface area (Å²) in [5.41, 5.74) is 4.82. The summed E-state index contributed by atoms with van der Waals surface area (Å²) in [5.74, 6) is 0. The van der Waals surface area contributed by atoms with E-state index in [1.54, 1.807) is 0 Å². The Morgan fingerprint density at radius 2 is 2.04 bits per heavy atom. The molecule has 0 radical (unpaired) electrons. The highest BCUT2D eigenvalue weighted by molar-refractivity contribution is 5.37. The number of nitrogens with zero attached hydrogens (tertiary/aromatic N) is 4. The van der Waals surface area contributed by atoms with E-state index in [1.807, 2.05) is 0 Å². The molecule has 2 aliphatic rings. The zero-order valence-corrected chi connectivity index (χ0v) is 15.1. The van der Waals surface area contributed by atoms with E-state index in [4.69, 9.17) is 0 Å². The van der Waals surface area contributed by atoms with Crippen molar-refractivity contribution in [3.8, 4) is 5.69 Å². The second kappa shape index (κ2) is 6.34. The Morgan fingerprint density at radius 1 is 1.17 bits per heavy atom. The molecule has 2 atom stereocenters. The molecule has 3 heterocycles. The molecule has 1 aromatic heterocycles. The maximum Gasteiger partial charge on any atom is 0.0651 e. The molecule has 2 aromatic rings. The van der Waals surface area contributed by atoms with Crippen LogP contribution in [-0.2, 0) is 6.54 Å². The van der Waals surface area contributed by atoms with Crippen molar-refractivity contribution < 1.29 is 0 Å². The van der Waals surface area contributed by atoms with Crippen molar-refractivity contribution in [2.24, 2.45) is 0 Å². The molecule has 2 fully saturated rings. The summed E-state index contributed by atoms with van der Waals surface area (Å²) in [7, 11) is 0. The summed E-state index contributed by atoms with van der Waals surface area (Å²) >= 11 is 0. The molecule has 0 saturated carbocycles. The second-order valence-corrected chi connectivity index (χ2v) is 7.58. The highest BCUT2D eigenvalue weighted by Gasteiger charge is 2.34. The Labute approximate surface area is 145 Å². The molecule has 4 nitrogen and oxygen atoms in total. The number of benzene rings is 1. The Kier molecular flexibility index (Phi) is 4.19. The molecule has 128 valence electrons. The van der Waals surface area contributed by atoms with Gasteiger partial charge in [-0.15, -0.1) is 0 Å². The number of aromatic nitrogens is 2. The van der Waals surface area contributed by atoms with E-state index in [1.165, 1.54) is 49.4 Å². The lowest BCUT2D eigenvalue weighted by Gasteiger charge is -2.42. The van der Waals surface area contributed by atoms with Crippen LogP contribution in [0, 0.1) is 13.8 Å². The van der Waals surface area contributed by atoms with Gasteiger partial charge < -0.3 is 0 Å². The molecule has 0 bridgehead atoms. The van der Waals surface area contributed by atoms with Crippen molar-refractivity contribution >= 4 is 0 Å². The van der Waals surface area contributed by atoms with Crippen LogP contribution in [-0.4, -0.2) is 51.3 Å². The summed E-state index contributed by atoms with van der Waals surface area (Å²) in [6.07, 6.45) is 2.74. The monoisotopic (exact) mass is 324 g/mol. The Morgan fingerprint density at radius 3 is 2.83 bits per heavy atom. The molecule has 0 amide bonds. The minimum atomic E-state index is 0.636. The largest absolute Gasteiger partial charge is 0.298 e. The molecule has 1 aromatic carbocycles. The quantitative estimate of drug-likeness (QED) is 0.867. The van der Waals surface area contributed by atoms with Crippen molar-refractivity contribution in [2.45, 2.75) is 52.2 Å². The zero-order valence-electron chi connectivity index (χ0n) is 15.1. The summed E-state index contributed by atoms with van der Waals surface area (Å²) in [6, 6.07) is 12.4. The van der Waals surface area contributed by atoms with Crippen molar-refractivity contribution in [3.63, 3.8) is 0 Å². The third-order valence-corrected chi connectivity index (χ3v) is 5.62. The smallest absolute Gasteiger partial charge is 0.0651 e. The maximum atomic E-state index is 4.62. The van der Waals surface area contributed by atoms with E-state index in [0.29, 0.717) is 6.04 Å².